The molecule has 0 fully saturated rings. The van der Waals surface area contributed by atoms with E-state index in [4.69, 9.17) is 4.74 Å². The maximum absolute atomic E-state index is 14.1. The molecule has 20 heavy (non-hydrogen) atoms. The van der Waals surface area contributed by atoms with Crippen LogP contribution in [0.25, 0.3) is 0 Å². The molecular formula is C16H17F2NO. The molecule has 0 heterocycles. The Bertz CT molecular complexity index is 543. The predicted molar refractivity (Wildman–Crippen MR) is 76.0 cm³/mol. The average Bonchev–Trinajstić information content (AvgIpc) is 2.48. The number of halogens is 2. The topological polar surface area (TPSA) is 21.3 Å². The van der Waals surface area contributed by atoms with E-state index in [9.17, 15) is 8.78 Å². The zero-order valence-electron chi connectivity index (χ0n) is 11.3. The zero-order chi connectivity index (χ0) is 14.4. The summed E-state index contributed by atoms with van der Waals surface area (Å²) in [7, 11) is 1.58. The largest absolute Gasteiger partial charge is 0.380 e. The van der Waals surface area contributed by atoms with Gasteiger partial charge in [0, 0.05) is 23.9 Å². The van der Waals surface area contributed by atoms with E-state index in [0.717, 1.165) is 5.56 Å². The second kappa shape index (κ2) is 6.48. The Labute approximate surface area is 117 Å². The molecule has 2 rings (SSSR count). The molecule has 2 aromatic rings. The molecule has 0 aliphatic heterocycles. The predicted octanol–water partition coefficient (Wildman–Crippen LogP) is 4.04. The third-order valence-corrected chi connectivity index (χ3v) is 3.01. The molecular weight excluding hydrogens is 260 g/mol. The van der Waals surface area contributed by atoms with Crippen molar-refractivity contribution < 1.29 is 13.5 Å². The van der Waals surface area contributed by atoms with Crippen LogP contribution in [0.1, 0.15) is 11.1 Å². The van der Waals surface area contributed by atoms with Gasteiger partial charge in [0.1, 0.15) is 0 Å². The quantitative estimate of drug-likeness (QED) is 0.860. The molecule has 0 atom stereocenters. The van der Waals surface area contributed by atoms with Crippen LogP contribution >= 0.6 is 0 Å². The van der Waals surface area contributed by atoms with Crippen molar-refractivity contribution >= 4 is 5.69 Å². The molecule has 0 aliphatic rings. The standard InChI is InChI=1S/C16H17F2NO/c1-20-11-13-7-5-6-10-15(13)19-12-16(17,18)14-8-3-2-4-9-14/h2-10,19H,11-12H2,1H3. The van der Waals surface area contributed by atoms with Gasteiger partial charge in [-0.25, -0.2) is 0 Å². The van der Waals surface area contributed by atoms with Crippen molar-refractivity contribution in [2.24, 2.45) is 0 Å². The summed E-state index contributed by atoms with van der Waals surface area (Å²) in [5, 5.41) is 2.81. The highest BCUT2D eigenvalue weighted by atomic mass is 19.3. The van der Waals surface area contributed by atoms with E-state index >= 15 is 0 Å². The summed E-state index contributed by atoms with van der Waals surface area (Å²) in [6, 6.07) is 15.1. The van der Waals surface area contributed by atoms with Crippen LogP contribution in [-0.2, 0) is 17.3 Å². The van der Waals surface area contributed by atoms with E-state index in [1.54, 1.807) is 31.4 Å². The Morgan fingerprint density at radius 1 is 1.00 bits per heavy atom. The highest BCUT2D eigenvalue weighted by molar-refractivity contribution is 5.51. The van der Waals surface area contributed by atoms with Crippen molar-refractivity contribution in [3.63, 3.8) is 0 Å². The molecule has 2 aromatic carbocycles. The van der Waals surface area contributed by atoms with Gasteiger partial charge >= 0.3 is 0 Å². The van der Waals surface area contributed by atoms with Crippen LogP contribution in [0.4, 0.5) is 14.5 Å². The van der Waals surface area contributed by atoms with Gasteiger partial charge in [0.25, 0.3) is 5.92 Å². The van der Waals surface area contributed by atoms with Crippen molar-refractivity contribution in [2.45, 2.75) is 12.5 Å². The molecule has 0 unspecified atom stereocenters. The van der Waals surface area contributed by atoms with Gasteiger partial charge in [-0.1, -0.05) is 48.5 Å². The molecule has 4 heteroatoms. The van der Waals surface area contributed by atoms with Gasteiger partial charge in [0.2, 0.25) is 0 Å². The molecule has 2 nitrogen and oxygen atoms in total. The van der Waals surface area contributed by atoms with Crippen molar-refractivity contribution in [1.82, 2.24) is 0 Å². The number of alkyl halides is 2. The number of ether oxygens (including phenoxy) is 1. The van der Waals surface area contributed by atoms with Crippen molar-refractivity contribution in [3.8, 4) is 0 Å². The van der Waals surface area contributed by atoms with Crippen LogP contribution in [0.3, 0.4) is 0 Å². The fraction of sp³-hybridized carbons (Fsp3) is 0.250. The Balaban J connectivity index is 2.08. The number of nitrogens with one attached hydrogen (secondary N) is 1. The monoisotopic (exact) mass is 277 g/mol. The molecule has 0 amide bonds. The molecule has 0 radical (unpaired) electrons. The second-order valence-electron chi connectivity index (χ2n) is 4.51. The summed E-state index contributed by atoms with van der Waals surface area (Å²) in [6.07, 6.45) is 0. The molecule has 1 N–H and O–H groups in total. The van der Waals surface area contributed by atoms with Gasteiger partial charge in [0.15, 0.2) is 0 Å². The zero-order valence-corrected chi connectivity index (χ0v) is 11.3. The smallest absolute Gasteiger partial charge is 0.290 e. The van der Waals surface area contributed by atoms with Crippen molar-refractivity contribution in [2.75, 3.05) is 19.0 Å². The average molecular weight is 277 g/mol. The van der Waals surface area contributed by atoms with Gasteiger partial charge in [0.05, 0.1) is 13.2 Å². The van der Waals surface area contributed by atoms with Crippen molar-refractivity contribution in [3.05, 3.63) is 65.7 Å². The van der Waals surface area contributed by atoms with Crippen LogP contribution in [0.15, 0.2) is 54.6 Å². The normalized spacial score (nSPS) is 11.3. The third-order valence-electron chi connectivity index (χ3n) is 3.01. The van der Waals surface area contributed by atoms with E-state index < -0.39 is 12.5 Å². The summed E-state index contributed by atoms with van der Waals surface area (Å²) in [4.78, 5) is 0. The Morgan fingerprint density at radius 2 is 1.65 bits per heavy atom. The molecule has 0 bridgehead atoms. The summed E-state index contributed by atoms with van der Waals surface area (Å²) >= 11 is 0. The Morgan fingerprint density at radius 3 is 2.35 bits per heavy atom. The number of hydrogen-bond acceptors (Lipinski definition) is 2. The fourth-order valence-electron chi connectivity index (χ4n) is 1.96. The first-order valence-corrected chi connectivity index (χ1v) is 6.37. The number of hydrogen-bond donors (Lipinski definition) is 1. The summed E-state index contributed by atoms with van der Waals surface area (Å²) in [5.41, 5.74) is 1.54. The molecule has 0 aliphatic carbocycles. The number of para-hydroxylation sites is 1. The third kappa shape index (κ3) is 3.54. The summed E-state index contributed by atoms with van der Waals surface area (Å²) in [6.45, 7) is -0.0577. The maximum atomic E-state index is 14.1. The van der Waals surface area contributed by atoms with E-state index in [1.165, 1.54) is 12.1 Å². The number of benzene rings is 2. The lowest BCUT2D eigenvalue weighted by molar-refractivity contribution is 0.0106. The van der Waals surface area contributed by atoms with E-state index in [2.05, 4.69) is 5.32 Å². The lowest BCUT2D eigenvalue weighted by atomic mass is 10.1. The second-order valence-corrected chi connectivity index (χ2v) is 4.51. The van der Waals surface area contributed by atoms with E-state index in [0.29, 0.717) is 12.3 Å². The fourth-order valence-corrected chi connectivity index (χ4v) is 1.96. The first-order chi connectivity index (χ1) is 9.63. The van der Waals surface area contributed by atoms with E-state index in [1.807, 2.05) is 18.2 Å². The minimum atomic E-state index is -2.92. The number of rotatable bonds is 6. The lowest BCUT2D eigenvalue weighted by Gasteiger charge is -2.19. The van der Waals surface area contributed by atoms with Crippen LogP contribution in [-0.4, -0.2) is 13.7 Å². The van der Waals surface area contributed by atoms with Gasteiger partial charge in [-0.15, -0.1) is 0 Å². The molecule has 0 spiro atoms. The van der Waals surface area contributed by atoms with Crippen LogP contribution in [0.5, 0.6) is 0 Å². The maximum Gasteiger partial charge on any atom is 0.290 e. The highest BCUT2D eigenvalue weighted by Crippen LogP contribution is 2.28. The number of anilines is 1. The van der Waals surface area contributed by atoms with Crippen molar-refractivity contribution in [1.29, 1.82) is 0 Å². The number of methoxy groups -OCH3 is 1. The lowest BCUT2D eigenvalue weighted by Crippen LogP contribution is -2.25. The minimum Gasteiger partial charge on any atom is -0.380 e. The highest BCUT2D eigenvalue weighted by Gasteiger charge is 2.31. The van der Waals surface area contributed by atoms with Crippen LogP contribution in [0.2, 0.25) is 0 Å². The molecule has 0 aromatic heterocycles. The Kier molecular flexibility index (Phi) is 4.69. The molecule has 106 valence electrons. The Hall–Kier alpha value is -1.94. The first-order valence-electron chi connectivity index (χ1n) is 6.37. The SMILES string of the molecule is COCc1ccccc1NCC(F)(F)c1ccccc1. The first kappa shape index (κ1) is 14.5. The molecule has 0 saturated heterocycles. The molecule has 0 saturated carbocycles. The van der Waals surface area contributed by atoms with Gasteiger partial charge < -0.3 is 10.1 Å². The van der Waals surface area contributed by atoms with Gasteiger partial charge in [-0.3, -0.25) is 0 Å². The summed E-state index contributed by atoms with van der Waals surface area (Å²) < 4.78 is 33.2. The van der Waals surface area contributed by atoms with Crippen LogP contribution < -0.4 is 5.32 Å². The summed E-state index contributed by atoms with van der Waals surface area (Å²) in [5.74, 6) is -2.92. The van der Waals surface area contributed by atoms with Crippen LogP contribution in [0, 0.1) is 0 Å². The minimum absolute atomic E-state index is 0.0109. The van der Waals surface area contributed by atoms with Gasteiger partial charge in [-0.05, 0) is 6.07 Å². The van der Waals surface area contributed by atoms with Gasteiger partial charge in [-0.2, -0.15) is 8.78 Å². The van der Waals surface area contributed by atoms with E-state index in [-0.39, 0.29) is 5.56 Å².